The fourth-order valence-corrected chi connectivity index (χ4v) is 5.46. The van der Waals surface area contributed by atoms with E-state index in [-0.39, 0.29) is 0 Å². The van der Waals surface area contributed by atoms with E-state index in [1.165, 1.54) is 0 Å². The molecule has 0 saturated heterocycles. The second kappa shape index (κ2) is 6.91. The number of alkyl halides is 15. The van der Waals surface area contributed by atoms with Crippen LogP contribution in [-0.2, 0) is 4.52 Å². The quantitative estimate of drug-likeness (QED) is 0.455. The standard InChI is InChI=1S/C9H6F15O3P/c1-2(5(10,11)12)27-28(25,26,3(6(13,14)15)7(16,17)18)4(8(19,20)21)9(22,23)24/h2-4H,1H3/q-2. The van der Waals surface area contributed by atoms with Crippen molar-refractivity contribution in [1.82, 2.24) is 0 Å². The molecular formula is C9H6F15O3P-2. The van der Waals surface area contributed by atoms with Gasteiger partial charge in [0.15, 0.2) is 0 Å². The molecule has 28 heavy (non-hydrogen) atoms. The van der Waals surface area contributed by atoms with Crippen LogP contribution in [0.4, 0.5) is 65.9 Å². The Hall–Kier alpha value is -0.740. The Morgan fingerprint density at radius 1 is 0.536 bits per heavy atom. The number of rotatable bonds is 4. The van der Waals surface area contributed by atoms with Gasteiger partial charge in [0.2, 0.25) is 0 Å². The summed E-state index contributed by atoms with van der Waals surface area (Å²) in [5, 5.41) is 0. The van der Waals surface area contributed by atoms with Gasteiger partial charge in [0.05, 0.1) is 0 Å². The Balaban J connectivity index is 7.29. The van der Waals surface area contributed by atoms with E-state index in [9.17, 15) is 75.6 Å². The second-order valence-electron chi connectivity index (χ2n) is 5.27. The molecule has 0 aliphatic heterocycles. The Morgan fingerprint density at radius 2 is 0.750 bits per heavy atom. The Bertz CT molecular complexity index is 490. The van der Waals surface area contributed by atoms with Crippen LogP contribution < -0.4 is 9.79 Å². The molecule has 19 heteroatoms. The molecule has 0 bridgehead atoms. The van der Waals surface area contributed by atoms with E-state index in [4.69, 9.17) is 0 Å². The zero-order chi connectivity index (χ0) is 23.4. The molecule has 172 valence electrons. The van der Waals surface area contributed by atoms with Crippen molar-refractivity contribution in [3.63, 3.8) is 0 Å². The van der Waals surface area contributed by atoms with Crippen molar-refractivity contribution in [3.8, 4) is 0 Å². The average molecular weight is 478 g/mol. The van der Waals surface area contributed by atoms with Gasteiger partial charge in [0.1, 0.15) is 0 Å². The third-order valence-electron chi connectivity index (χ3n) is 3.00. The summed E-state index contributed by atoms with van der Waals surface area (Å²) in [6.07, 6.45) is -40.5. The van der Waals surface area contributed by atoms with Gasteiger partial charge in [0.25, 0.3) is 0 Å². The zero-order valence-electron chi connectivity index (χ0n) is 12.6. The van der Waals surface area contributed by atoms with Crippen molar-refractivity contribution in [2.75, 3.05) is 0 Å². The molecule has 3 nitrogen and oxygen atoms in total. The van der Waals surface area contributed by atoms with Crippen molar-refractivity contribution in [3.05, 3.63) is 0 Å². The van der Waals surface area contributed by atoms with Gasteiger partial charge in [0, 0.05) is 0 Å². The van der Waals surface area contributed by atoms with Crippen molar-refractivity contribution in [2.24, 2.45) is 0 Å². The molecule has 0 amide bonds. The van der Waals surface area contributed by atoms with Gasteiger partial charge in [-0.3, -0.25) is 0 Å². The summed E-state index contributed by atoms with van der Waals surface area (Å²) in [5.74, 6) is 0. The Labute approximate surface area is 144 Å². The third-order valence-corrected chi connectivity index (χ3v) is 6.76. The summed E-state index contributed by atoms with van der Waals surface area (Å²) in [4.78, 5) is 23.8. The van der Waals surface area contributed by atoms with Gasteiger partial charge in [-0.25, -0.2) is 0 Å². The summed E-state index contributed by atoms with van der Waals surface area (Å²) < 4.78 is 191. The fraction of sp³-hybridized carbons (Fsp3) is 1.00. The molecule has 0 aliphatic rings. The summed E-state index contributed by atoms with van der Waals surface area (Å²) in [6.45, 7) is -0.690. The van der Waals surface area contributed by atoms with Crippen LogP contribution in [0.1, 0.15) is 6.92 Å². The summed E-state index contributed by atoms with van der Waals surface area (Å²) in [6, 6.07) is 0. The summed E-state index contributed by atoms with van der Waals surface area (Å²) in [5.41, 5.74) is -13.1. The molecule has 0 spiro atoms. The van der Waals surface area contributed by atoms with Crippen LogP contribution in [0, 0.1) is 0 Å². The molecule has 1 unspecified atom stereocenters. The van der Waals surface area contributed by atoms with Gasteiger partial charge in [-0.2, -0.15) is 0 Å². The topological polar surface area (TPSA) is 55.3 Å². The average Bonchev–Trinajstić information content (AvgIpc) is 2.14. The van der Waals surface area contributed by atoms with E-state index < -0.39 is 62.5 Å². The maximum atomic E-state index is 12.7. The third kappa shape index (κ3) is 5.66. The first-order valence-electron chi connectivity index (χ1n) is 6.16. The molecular weight excluding hydrogens is 472 g/mol. The van der Waals surface area contributed by atoms with Crippen LogP contribution >= 0.6 is 7.28 Å². The first-order chi connectivity index (χ1) is 11.7. The van der Waals surface area contributed by atoms with Crippen LogP contribution in [0.25, 0.3) is 0 Å². The van der Waals surface area contributed by atoms with E-state index in [0.717, 1.165) is 0 Å². The molecule has 0 aliphatic carbocycles. The van der Waals surface area contributed by atoms with E-state index in [2.05, 4.69) is 4.52 Å². The first-order valence-corrected chi connectivity index (χ1v) is 8.28. The molecule has 1 atom stereocenters. The molecule has 0 fully saturated rings. The Kier molecular flexibility index (Phi) is 6.72. The van der Waals surface area contributed by atoms with Crippen molar-refractivity contribution < 1.29 is 80.2 Å². The van der Waals surface area contributed by atoms with Crippen molar-refractivity contribution in [1.29, 1.82) is 0 Å². The second-order valence-corrected chi connectivity index (χ2v) is 8.52. The van der Waals surface area contributed by atoms with E-state index in [1.54, 1.807) is 0 Å². The van der Waals surface area contributed by atoms with Crippen molar-refractivity contribution >= 4 is 7.28 Å². The summed E-state index contributed by atoms with van der Waals surface area (Å²) in [7, 11) is -10.5. The number of halogens is 15. The molecule has 0 aromatic carbocycles. The summed E-state index contributed by atoms with van der Waals surface area (Å²) >= 11 is 0. The number of hydrogen-bond donors (Lipinski definition) is 0. The van der Waals surface area contributed by atoms with Gasteiger partial charge >= 0.3 is 143 Å². The first kappa shape index (κ1) is 27.3. The van der Waals surface area contributed by atoms with Gasteiger partial charge in [-0.05, 0) is 0 Å². The fourth-order valence-electron chi connectivity index (χ4n) is 2.07. The minimum atomic E-state index is -10.5. The van der Waals surface area contributed by atoms with Crippen LogP contribution in [0.3, 0.4) is 0 Å². The zero-order valence-corrected chi connectivity index (χ0v) is 13.5. The SMILES string of the molecule is CC(OP([O-])([O-])(C(C(F)(F)F)C(F)(F)F)C(C(F)(F)F)C(F)(F)F)C(F)(F)F. The van der Waals surface area contributed by atoms with Crippen molar-refractivity contribution in [2.45, 2.75) is 55.2 Å². The predicted octanol–water partition coefficient (Wildman–Crippen LogP) is 3.96. The predicted molar refractivity (Wildman–Crippen MR) is 55.3 cm³/mol. The molecule has 0 aromatic heterocycles. The van der Waals surface area contributed by atoms with Gasteiger partial charge < -0.3 is 0 Å². The Morgan fingerprint density at radius 3 is 0.893 bits per heavy atom. The number of hydrogen-bond acceptors (Lipinski definition) is 3. The van der Waals surface area contributed by atoms with Crippen LogP contribution in [-0.4, -0.2) is 48.3 Å². The molecule has 0 heterocycles. The minimum absolute atomic E-state index is 0.690. The van der Waals surface area contributed by atoms with E-state index in [1.807, 2.05) is 0 Å². The molecule has 0 saturated carbocycles. The monoisotopic (exact) mass is 478 g/mol. The maximum absolute atomic E-state index is 12.7. The van der Waals surface area contributed by atoms with Crippen LogP contribution in [0.15, 0.2) is 0 Å². The molecule has 0 radical (unpaired) electrons. The van der Waals surface area contributed by atoms with E-state index in [0.29, 0.717) is 0 Å². The van der Waals surface area contributed by atoms with Crippen LogP contribution in [0.5, 0.6) is 0 Å². The van der Waals surface area contributed by atoms with E-state index >= 15 is 0 Å². The van der Waals surface area contributed by atoms with Gasteiger partial charge in [-0.15, -0.1) is 0 Å². The van der Waals surface area contributed by atoms with Gasteiger partial charge in [-0.1, -0.05) is 0 Å². The van der Waals surface area contributed by atoms with Crippen LogP contribution in [0.2, 0.25) is 0 Å². The molecule has 0 N–H and O–H groups in total. The molecule has 0 rings (SSSR count). The molecule has 0 aromatic rings. The normalized spacial score (nSPS) is 18.4.